The number of hydrogen-bond acceptors (Lipinski definition) is 3. The molecule has 0 aromatic carbocycles. The van der Waals surface area contributed by atoms with Gasteiger partial charge in [0.1, 0.15) is 6.26 Å². The minimum Gasteiger partial charge on any atom is -0.396 e. The van der Waals surface area contributed by atoms with Crippen LogP contribution in [0.25, 0.3) is 0 Å². The highest BCUT2D eigenvalue weighted by Gasteiger charge is 1.83. The Labute approximate surface area is 47.1 Å². The van der Waals surface area contributed by atoms with Crippen molar-refractivity contribution in [1.82, 2.24) is 0 Å². The molecular formula is C5H6N2O. The first kappa shape index (κ1) is 4.90. The van der Waals surface area contributed by atoms with E-state index in [4.69, 9.17) is 5.73 Å². The van der Waals surface area contributed by atoms with E-state index in [0.29, 0.717) is 5.70 Å². The summed E-state index contributed by atoms with van der Waals surface area (Å²) in [5.41, 5.74) is 5.88. The number of oxime groups is 1. The Hall–Kier alpha value is -1.25. The molecule has 0 bridgehead atoms. The summed E-state index contributed by atoms with van der Waals surface area (Å²) in [6.45, 7) is 0. The Balaban J connectivity index is 2.69. The molecule has 0 atom stereocenters. The van der Waals surface area contributed by atoms with Crippen molar-refractivity contribution in [2.24, 2.45) is 10.9 Å². The first-order valence-electron chi connectivity index (χ1n) is 2.21. The lowest BCUT2D eigenvalue weighted by molar-refractivity contribution is 0.269. The topological polar surface area (TPSA) is 47.6 Å². The van der Waals surface area contributed by atoms with Gasteiger partial charge in [-0.2, -0.15) is 0 Å². The van der Waals surface area contributed by atoms with Crippen LogP contribution in [0.4, 0.5) is 0 Å². The molecule has 0 fully saturated rings. The molecule has 0 saturated carbocycles. The Morgan fingerprint density at radius 1 is 1.62 bits per heavy atom. The highest BCUT2D eigenvalue weighted by molar-refractivity contribution is 5.71. The van der Waals surface area contributed by atoms with Crippen LogP contribution in [-0.4, -0.2) is 6.21 Å². The van der Waals surface area contributed by atoms with Crippen molar-refractivity contribution >= 4 is 6.21 Å². The van der Waals surface area contributed by atoms with E-state index in [0.717, 1.165) is 0 Å². The van der Waals surface area contributed by atoms with E-state index in [1.54, 1.807) is 12.2 Å². The van der Waals surface area contributed by atoms with E-state index < -0.39 is 0 Å². The van der Waals surface area contributed by atoms with Crippen LogP contribution in [0, 0.1) is 0 Å². The van der Waals surface area contributed by atoms with Gasteiger partial charge in [-0.3, -0.25) is 0 Å². The second-order valence-corrected chi connectivity index (χ2v) is 1.34. The minimum absolute atomic E-state index is 0.572. The van der Waals surface area contributed by atoms with Crippen LogP contribution >= 0.6 is 0 Å². The molecule has 0 spiro atoms. The largest absolute Gasteiger partial charge is 0.396 e. The minimum atomic E-state index is 0.572. The maximum Gasteiger partial charge on any atom is 0.145 e. The molecule has 0 amide bonds. The van der Waals surface area contributed by atoms with Gasteiger partial charge in [0.25, 0.3) is 0 Å². The highest BCUT2D eigenvalue weighted by atomic mass is 16.6. The second-order valence-electron chi connectivity index (χ2n) is 1.34. The Kier molecular flexibility index (Phi) is 1.32. The summed E-state index contributed by atoms with van der Waals surface area (Å²) >= 11 is 0. The average molecular weight is 110 g/mol. The standard InChI is InChI=1S/C5H6N2O/c6-5-2-1-3-7-8-4-5/h1-4H,6H2. The van der Waals surface area contributed by atoms with Gasteiger partial charge in [-0.15, -0.1) is 0 Å². The van der Waals surface area contributed by atoms with Crippen LogP contribution in [0.5, 0.6) is 0 Å². The molecule has 1 aliphatic rings. The molecule has 0 saturated heterocycles. The van der Waals surface area contributed by atoms with Crippen LogP contribution < -0.4 is 5.73 Å². The molecule has 42 valence electrons. The van der Waals surface area contributed by atoms with E-state index >= 15 is 0 Å². The quantitative estimate of drug-likeness (QED) is 0.489. The number of rotatable bonds is 0. The molecule has 0 aromatic rings. The van der Waals surface area contributed by atoms with Crippen LogP contribution in [-0.2, 0) is 4.84 Å². The number of nitrogens with zero attached hydrogens (tertiary/aromatic N) is 1. The number of nitrogens with two attached hydrogens (primary N) is 1. The van der Waals surface area contributed by atoms with Crippen LogP contribution in [0.2, 0.25) is 0 Å². The molecule has 3 nitrogen and oxygen atoms in total. The Morgan fingerprint density at radius 2 is 2.50 bits per heavy atom. The highest BCUT2D eigenvalue weighted by Crippen LogP contribution is 1.91. The van der Waals surface area contributed by atoms with Gasteiger partial charge in [-0.25, -0.2) is 0 Å². The van der Waals surface area contributed by atoms with Crippen molar-refractivity contribution in [2.75, 3.05) is 0 Å². The van der Waals surface area contributed by atoms with E-state index in [1.807, 2.05) is 0 Å². The summed E-state index contributed by atoms with van der Waals surface area (Å²) in [5, 5.41) is 3.45. The van der Waals surface area contributed by atoms with Crippen molar-refractivity contribution in [3.8, 4) is 0 Å². The van der Waals surface area contributed by atoms with E-state index in [2.05, 4.69) is 9.99 Å². The van der Waals surface area contributed by atoms with Crippen molar-refractivity contribution in [1.29, 1.82) is 0 Å². The SMILES string of the molecule is NC1=CON=CC=C1. The zero-order valence-electron chi connectivity index (χ0n) is 4.24. The van der Waals surface area contributed by atoms with E-state index in [-0.39, 0.29) is 0 Å². The second kappa shape index (κ2) is 2.16. The molecule has 1 aliphatic heterocycles. The lowest BCUT2D eigenvalue weighted by Crippen LogP contribution is -1.90. The van der Waals surface area contributed by atoms with Gasteiger partial charge in [0.2, 0.25) is 0 Å². The molecule has 2 N–H and O–H groups in total. The number of allylic oxidation sites excluding steroid dienone is 2. The van der Waals surface area contributed by atoms with Crippen LogP contribution in [0.3, 0.4) is 0 Å². The van der Waals surface area contributed by atoms with Crippen molar-refractivity contribution in [2.45, 2.75) is 0 Å². The Bertz CT molecular complexity index is 155. The summed E-state index contributed by atoms with van der Waals surface area (Å²) in [7, 11) is 0. The third-order valence-corrected chi connectivity index (χ3v) is 0.685. The third-order valence-electron chi connectivity index (χ3n) is 0.685. The lowest BCUT2D eigenvalue weighted by atomic mass is 10.4. The van der Waals surface area contributed by atoms with Crippen molar-refractivity contribution in [3.63, 3.8) is 0 Å². The maximum atomic E-state index is 5.30. The van der Waals surface area contributed by atoms with Gasteiger partial charge in [-0.1, -0.05) is 5.16 Å². The third kappa shape index (κ3) is 1.11. The predicted octanol–water partition coefficient (Wildman–Crippen LogP) is 0.359. The van der Waals surface area contributed by atoms with Gasteiger partial charge >= 0.3 is 0 Å². The molecular weight excluding hydrogens is 104 g/mol. The summed E-state index contributed by atoms with van der Waals surface area (Å²) in [5.74, 6) is 0. The van der Waals surface area contributed by atoms with Crippen molar-refractivity contribution < 1.29 is 4.84 Å². The van der Waals surface area contributed by atoms with Crippen molar-refractivity contribution in [3.05, 3.63) is 24.1 Å². The molecule has 0 unspecified atom stereocenters. The zero-order valence-corrected chi connectivity index (χ0v) is 4.24. The number of hydrogen-bond donors (Lipinski definition) is 1. The van der Waals surface area contributed by atoms with Gasteiger partial charge in [0.05, 0.1) is 11.9 Å². The molecule has 0 aromatic heterocycles. The summed E-state index contributed by atoms with van der Waals surface area (Å²) < 4.78 is 0. The average Bonchev–Trinajstić information content (AvgIpc) is 1.94. The first-order chi connectivity index (χ1) is 3.89. The fourth-order valence-electron chi connectivity index (χ4n) is 0.355. The monoisotopic (exact) mass is 110 g/mol. The molecule has 1 heterocycles. The first-order valence-corrected chi connectivity index (χ1v) is 2.21. The van der Waals surface area contributed by atoms with E-state index in [1.165, 1.54) is 12.5 Å². The summed E-state index contributed by atoms with van der Waals surface area (Å²) in [4.78, 5) is 4.53. The molecule has 1 rings (SSSR count). The van der Waals surface area contributed by atoms with E-state index in [9.17, 15) is 0 Å². The zero-order chi connectivity index (χ0) is 5.82. The van der Waals surface area contributed by atoms with Gasteiger partial charge in [0.15, 0.2) is 0 Å². The summed E-state index contributed by atoms with van der Waals surface area (Å²) in [6, 6.07) is 0. The fraction of sp³-hybridized carbons (Fsp3) is 0. The van der Waals surface area contributed by atoms with Gasteiger partial charge in [-0.05, 0) is 12.2 Å². The predicted molar refractivity (Wildman–Crippen MR) is 31.0 cm³/mol. The molecule has 3 heteroatoms. The van der Waals surface area contributed by atoms with Gasteiger partial charge < -0.3 is 10.6 Å². The van der Waals surface area contributed by atoms with Crippen LogP contribution in [0.15, 0.2) is 29.3 Å². The molecule has 0 radical (unpaired) electrons. The molecule has 8 heavy (non-hydrogen) atoms. The van der Waals surface area contributed by atoms with Crippen LogP contribution in [0.1, 0.15) is 0 Å². The smallest absolute Gasteiger partial charge is 0.145 e. The van der Waals surface area contributed by atoms with Gasteiger partial charge in [0, 0.05) is 0 Å². The maximum absolute atomic E-state index is 5.30. The summed E-state index contributed by atoms with van der Waals surface area (Å²) in [6.07, 6.45) is 6.31. The normalized spacial score (nSPS) is 16.8. The lowest BCUT2D eigenvalue weighted by Gasteiger charge is -1.84. The fourth-order valence-corrected chi connectivity index (χ4v) is 0.355. The Morgan fingerprint density at radius 3 is 3.38 bits per heavy atom. The molecule has 0 aliphatic carbocycles.